The highest BCUT2D eigenvalue weighted by Gasteiger charge is 2.60. The van der Waals surface area contributed by atoms with Crippen molar-refractivity contribution in [3.63, 3.8) is 0 Å². The number of quaternary nitrogens is 1. The fourth-order valence-corrected chi connectivity index (χ4v) is 4.26. The molecule has 148 valence electrons. The molecule has 2 aromatic heterocycles. The molecule has 2 saturated heterocycles. The lowest BCUT2D eigenvalue weighted by molar-refractivity contribution is -0.174. The molecule has 2 radical (unpaired) electrons. The first-order valence-electron chi connectivity index (χ1n) is 9.45. The van der Waals surface area contributed by atoms with Gasteiger partial charge in [-0.1, -0.05) is 17.3 Å². The van der Waals surface area contributed by atoms with Crippen LogP contribution in [-0.2, 0) is 18.4 Å². The molecule has 2 aliphatic heterocycles. The first-order valence-corrected chi connectivity index (χ1v) is 9.45. The van der Waals surface area contributed by atoms with E-state index < -0.39 is 0 Å². The van der Waals surface area contributed by atoms with Crippen molar-refractivity contribution in [3.05, 3.63) is 61.2 Å². The van der Waals surface area contributed by atoms with Crippen molar-refractivity contribution in [2.75, 3.05) is 26.3 Å². The van der Waals surface area contributed by atoms with Crippen molar-refractivity contribution in [2.45, 2.75) is 6.61 Å². The summed E-state index contributed by atoms with van der Waals surface area (Å²) in [6, 6.07) is 10.3. The molecule has 0 N–H and O–H groups in total. The Morgan fingerprint density at radius 3 is 2.76 bits per heavy atom. The van der Waals surface area contributed by atoms with Crippen molar-refractivity contribution in [2.24, 2.45) is 12.5 Å². The lowest BCUT2D eigenvalue weighted by Gasteiger charge is -2.57. The Balaban J connectivity index is 1.40. The number of ether oxygens (including phenoxy) is 2. The standard InChI is InChI=1S/C21H21FN5O2/c1-26-17(19(24-25-26)15-6-3-4-7-16(15)22)10-29-20-18(8-5-9-23-20)27(2)11-21(12-27)13-28-14-21/h2-9H,10-14H2,1H3/q+1. The van der Waals surface area contributed by atoms with Gasteiger partial charge in [-0.3, -0.25) is 4.48 Å². The second kappa shape index (κ2) is 6.60. The van der Waals surface area contributed by atoms with E-state index >= 15 is 0 Å². The van der Waals surface area contributed by atoms with Gasteiger partial charge in [0.15, 0.2) is 5.69 Å². The van der Waals surface area contributed by atoms with Crippen LogP contribution in [0.3, 0.4) is 0 Å². The molecule has 2 fully saturated rings. The zero-order valence-corrected chi connectivity index (χ0v) is 16.1. The second-order valence-electron chi connectivity index (χ2n) is 7.95. The highest BCUT2D eigenvalue weighted by atomic mass is 19.1. The molecule has 0 bridgehead atoms. The number of nitrogens with zero attached hydrogens (tertiary/aromatic N) is 5. The average Bonchev–Trinajstić information content (AvgIpc) is 3.03. The third-order valence-corrected chi connectivity index (χ3v) is 5.70. The smallest absolute Gasteiger partial charge is 0.277 e. The van der Waals surface area contributed by atoms with Crippen LogP contribution in [0.4, 0.5) is 10.1 Å². The van der Waals surface area contributed by atoms with Gasteiger partial charge in [0.25, 0.3) is 5.88 Å². The predicted molar refractivity (Wildman–Crippen MR) is 104 cm³/mol. The lowest BCUT2D eigenvalue weighted by atomic mass is 9.75. The summed E-state index contributed by atoms with van der Waals surface area (Å²) in [4.78, 5) is 4.39. The number of likely N-dealkylation sites (tertiary alicyclic amines) is 1. The Morgan fingerprint density at radius 1 is 1.24 bits per heavy atom. The number of aromatic nitrogens is 4. The maximum absolute atomic E-state index is 14.3. The molecule has 0 unspecified atom stereocenters. The van der Waals surface area contributed by atoms with Gasteiger partial charge in [0.1, 0.15) is 29.2 Å². The van der Waals surface area contributed by atoms with Gasteiger partial charge in [0, 0.05) is 24.9 Å². The van der Waals surface area contributed by atoms with Gasteiger partial charge in [0.05, 0.1) is 26.3 Å². The van der Waals surface area contributed by atoms with Gasteiger partial charge in [-0.2, -0.15) is 0 Å². The van der Waals surface area contributed by atoms with Crippen LogP contribution in [0.25, 0.3) is 11.3 Å². The quantitative estimate of drug-likeness (QED) is 0.623. The molecule has 3 aromatic rings. The zero-order chi connectivity index (χ0) is 20.1. The number of aryl methyl sites for hydroxylation is 1. The average molecular weight is 394 g/mol. The molecular weight excluding hydrogens is 373 g/mol. The van der Waals surface area contributed by atoms with E-state index in [4.69, 9.17) is 16.5 Å². The number of hydrogen-bond acceptors (Lipinski definition) is 5. The van der Waals surface area contributed by atoms with Gasteiger partial charge in [0.2, 0.25) is 7.05 Å². The van der Waals surface area contributed by atoms with Crippen molar-refractivity contribution in [1.29, 1.82) is 0 Å². The molecular formula is C21H21FN5O2+. The summed E-state index contributed by atoms with van der Waals surface area (Å²) in [6.07, 6.45) is 1.67. The van der Waals surface area contributed by atoms with Gasteiger partial charge in [-0.15, -0.1) is 5.10 Å². The Bertz CT molecular complexity index is 1050. The number of hydrogen-bond donors (Lipinski definition) is 0. The van der Waals surface area contributed by atoms with Crippen LogP contribution >= 0.6 is 0 Å². The molecule has 2 aliphatic rings. The molecule has 5 rings (SSSR count). The first kappa shape index (κ1) is 18.2. The van der Waals surface area contributed by atoms with Crippen LogP contribution in [0.5, 0.6) is 5.88 Å². The number of pyridine rings is 1. The topological polar surface area (TPSA) is 62.1 Å². The van der Waals surface area contributed by atoms with Crippen molar-refractivity contribution < 1.29 is 13.9 Å². The minimum Gasteiger partial charge on any atom is -0.467 e. The summed E-state index contributed by atoms with van der Waals surface area (Å²) in [5.74, 6) is 0.110. The van der Waals surface area contributed by atoms with E-state index in [1.807, 2.05) is 12.1 Å². The Hall–Kier alpha value is -2.84. The fraction of sp³-hybridized carbons (Fsp3) is 0.333. The maximum Gasteiger partial charge on any atom is 0.277 e. The normalized spacial score (nSPS) is 18.9. The Labute approximate surface area is 168 Å². The Morgan fingerprint density at radius 2 is 2.03 bits per heavy atom. The maximum atomic E-state index is 14.3. The highest BCUT2D eigenvalue weighted by molar-refractivity contribution is 5.62. The molecule has 4 heterocycles. The number of halogens is 1. The van der Waals surface area contributed by atoms with Crippen LogP contribution < -0.4 is 9.22 Å². The van der Waals surface area contributed by atoms with E-state index in [0.717, 1.165) is 32.0 Å². The molecule has 0 saturated carbocycles. The van der Waals surface area contributed by atoms with E-state index in [1.54, 1.807) is 36.1 Å². The van der Waals surface area contributed by atoms with Gasteiger partial charge >= 0.3 is 0 Å². The van der Waals surface area contributed by atoms with Crippen LogP contribution in [-0.4, -0.2) is 46.3 Å². The summed E-state index contributed by atoms with van der Waals surface area (Å²) >= 11 is 0. The summed E-state index contributed by atoms with van der Waals surface area (Å²) < 4.78 is 27.5. The zero-order valence-electron chi connectivity index (χ0n) is 16.1. The van der Waals surface area contributed by atoms with Crippen LogP contribution in [0.15, 0.2) is 42.6 Å². The number of rotatable bonds is 5. The molecule has 0 atom stereocenters. The van der Waals surface area contributed by atoms with Crippen molar-refractivity contribution >= 4 is 5.69 Å². The van der Waals surface area contributed by atoms with E-state index in [1.165, 1.54) is 6.07 Å². The minimum absolute atomic E-state index is 0.144. The number of benzene rings is 1. The lowest BCUT2D eigenvalue weighted by Crippen LogP contribution is -2.74. The predicted octanol–water partition coefficient (Wildman–Crippen LogP) is 2.60. The van der Waals surface area contributed by atoms with Gasteiger partial charge in [-0.25, -0.2) is 14.1 Å². The Kier molecular flexibility index (Phi) is 4.15. The summed E-state index contributed by atoms with van der Waals surface area (Å²) in [5.41, 5.74) is 2.51. The van der Waals surface area contributed by atoms with Crippen LogP contribution in [0, 0.1) is 18.3 Å². The minimum atomic E-state index is -0.354. The van der Waals surface area contributed by atoms with Crippen LogP contribution in [0.1, 0.15) is 5.69 Å². The third kappa shape index (κ3) is 2.99. The third-order valence-electron chi connectivity index (χ3n) is 5.70. The van der Waals surface area contributed by atoms with Crippen molar-refractivity contribution in [1.82, 2.24) is 24.5 Å². The summed E-state index contributed by atoms with van der Waals surface area (Å²) in [7, 11) is 8.36. The van der Waals surface area contributed by atoms with Gasteiger partial charge < -0.3 is 9.47 Å². The summed E-state index contributed by atoms with van der Waals surface area (Å²) in [6.45, 7) is 3.25. The molecule has 0 amide bonds. The molecule has 0 aliphatic carbocycles. The monoisotopic (exact) mass is 394 g/mol. The molecule has 1 spiro atoms. The molecule has 8 heteroatoms. The van der Waals surface area contributed by atoms with Crippen LogP contribution in [0.2, 0.25) is 0 Å². The van der Waals surface area contributed by atoms with E-state index in [-0.39, 0.29) is 22.3 Å². The second-order valence-corrected chi connectivity index (χ2v) is 7.95. The fourth-order valence-electron chi connectivity index (χ4n) is 4.26. The first-order chi connectivity index (χ1) is 14.0. The van der Waals surface area contributed by atoms with E-state index in [2.05, 4.69) is 15.3 Å². The van der Waals surface area contributed by atoms with E-state index in [0.29, 0.717) is 22.8 Å². The SMILES string of the molecule is [CH][N+]1(c2cccnc2OCc2c(-c3ccccc3F)nnn2C)CC2(COC2)C1. The molecule has 29 heavy (non-hydrogen) atoms. The van der Waals surface area contributed by atoms with Gasteiger partial charge in [-0.05, 0) is 18.2 Å². The molecule has 7 nitrogen and oxygen atoms in total. The highest BCUT2D eigenvalue weighted by Crippen LogP contribution is 2.47. The summed E-state index contributed by atoms with van der Waals surface area (Å²) in [5, 5.41) is 8.17. The van der Waals surface area contributed by atoms with Crippen molar-refractivity contribution in [3.8, 4) is 17.1 Å². The van der Waals surface area contributed by atoms with E-state index in [9.17, 15) is 4.39 Å². The molecule has 1 aromatic carbocycles. The largest absolute Gasteiger partial charge is 0.467 e.